The molecule has 24 heavy (non-hydrogen) atoms. The highest BCUT2D eigenvalue weighted by Crippen LogP contribution is 2.30. The molecular formula is C19H25N3O2. The first-order valence-electron chi connectivity index (χ1n) is 9.14. The van der Waals surface area contributed by atoms with Crippen molar-refractivity contribution in [2.75, 3.05) is 19.6 Å². The molecule has 2 aliphatic rings. The van der Waals surface area contributed by atoms with Crippen molar-refractivity contribution in [3.8, 4) is 0 Å². The predicted molar refractivity (Wildman–Crippen MR) is 92.7 cm³/mol. The van der Waals surface area contributed by atoms with Crippen molar-refractivity contribution in [2.24, 2.45) is 0 Å². The number of carbonyl (C=O) groups is 1. The van der Waals surface area contributed by atoms with Crippen LogP contribution in [0.1, 0.15) is 38.3 Å². The van der Waals surface area contributed by atoms with Gasteiger partial charge in [0.1, 0.15) is 5.69 Å². The van der Waals surface area contributed by atoms with E-state index in [0.717, 1.165) is 42.6 Å². The maximum atomic E-state index is 12.9. The lowest BCUT2D eigenvalue weighted by atomic mass is 10.0. The fourth-order valence-electron chi connectivity index (χ4n) is 4.49. The molecular weight excluding hydrogens is 302 g/mol. The minimum absolute atomic E-state index is 0.194. The maximum absolute atomic E-state index is 12.9. The molecule has 2 saturated heterocycles. The lowest BCUT2D eigenvalue weighted by molar-refractivity contribution is -0.132. The maximum Gasteiger partial charge on any atom is 0.229 e. The molecule has 2 aliphatic heterocycles. The number of benzene rings is 1. The van der Waals surface area contributed by atoms with Crippen LogP contribution < -0.4 is 0 Å². The second kappa shape index (κ2) is 6.55. The van der Waals surface area contributed by atoms with E-state index in [1.54, 1.807) is 0 Å². The van der Waals surface area contributed by atoms with Crippen LogP contribution in [0.15, 0.2) is 28.8 Å². The van der Waals surface area contributed by atoms with Crippen LogP contribution in [0.3, 0.4) is 0 Å². The molecule has 128 valence electrons. The number of likely N-dealkylation sites (tertiary alicyclic amines) is 2. The minimum Gasteiger partial charge on any atom is -0.356 e. The van der Waals surface area contributed by atoms with E-state index in [1.807, 2.05) is 24.3 Å². The fourth-order valence-corrected chi connectivity index (χ4v) is 4.49. The Morgan fingerprint density at radius 2 is 2.00 bits per heavy atom. The molecule has 5 nitrogen and oxygen atoms in total. The third kappa shape index (κ3) is 2.71. The average molecular weight is 327 g/mol. The van der Waals surface area contributed by atoms with Crippen LogP contribution in [-0.2, 0) is 11.2 Å². The van der Waals surface area contributed by atoms with Crippen LogP contribution >= 0.6 is 0 Å². The Hall–Kier alpha value is -1.88. The third-order valence-electron chi connectivity index (χ3n) is 5.65. The molecule has 0 unspecified atom stereocenters. The van der Waals surface area contributed by atoms with Gasteiger partial charge in [0.15, 0.2) is 5.58 Å². The number of aromatic nitrogens is 1. The van der Waals surface area contributed by atoms with Gasteiger partial charge in [-0.3, -0.25) is 9.69 Å². The van der Waals surface area contributed by atoms with E-state index < -0.39 is 0 Å². The second-order valence-electron chi connectivity index (χ2n) is 6.94. The molecule has 0 bridgehead atoms. The number of fused-ring (bicyclic) bond motifs is 1. The van der Waals surface area contributed by atoms with Crippen LogP contribution in [0.25, 0.3) is 11.0 Å². The number of para-hydroxylation sites is 1. The zero-order chi connectivity index (χ0) is 16.5. The molecule has 4 rings (SSSR count). The van der Waals surface area contributed by atoms with Gasteiger partial charge in [-0.2, -0.15) is 0 Å². The number of rotatable bonds is 4. The SMILES string of the molecule is CCN1CCC[C@H]1[C@H]1CCCN1C(=O)Cc1noc2ccccc12. The Kier molecular flexibility index (Phi) is 4.27. The summed E-state index contributed by atoms with van der Waals surface area (Å²) >= 11 is 0. The smallest absolute Gasteiger partial charge is 0.229 e. The van der Waals surface area contributed by atoms with Crippen molar-refractivity contribution in [2.45, 2.75) is 51.1 Å². The van der Waals surface area contributed by atoms with E-state index in [2.05, 4.69) is 21.9 Å². The number of amides is 1. The molecule has 1 aromatic carbocycles. The van der Waals surface area contributed by atoms with Gasteiger partial charge in [-0.1, -0.05) is 24.2 Å². The average Bonchev–Trinajstić information content (AvgIpc) is 3.33. The zero-order valence-electron chi connectivity index (χ0n) is 14.3. The number of likely N-dealkylation sites (N-methyl/N-ethyl adjacent to an activating group) is 1. The highest BCUT2D eigenvalue weighted by Gasteiger charge is 2.39. The summed E-state index contributed by atoms with van der Waals surface area (Å²) in [6.07, 6.45) is 5.06. The van der Waals surface area contributed by atoms with E-state index in [-0.39, 0.29) is 5.91 Å². The summed E-state index contributed by atoms with van der Waals surface area (Å²) in [6.45, 7) is 5.36. The molecule has 1 amide bonds. The molecule has 2 fully saturated rings. The van der Waals surface area contributed by atoms with Gasteiger partial charge in [-0.25, -0.2) is 0 Å². The summed E-state index contributed by atoms with van der Waals surface area (Å²) < 4.78 is 5.34. The highest BCUT2D eigenvalue weighted by molar-refractivity contribution is 5.86. The van der Waals surface area contributed by atoms with Gasteiger partial charge >= 0.3 is 0 Å². The van der Waals surface area contributed by atoms with Crippen LogP contribution in [-0.4, -0.2) is 52.6 Å². The Labute approximate surface area is 142 Å². The van der Waals surface area contributed by atoms with Crippen molar-refractivity contribution >= 4 is 16.9 Å². The molecule has 2 atom stereocenters. The first-order chi connectivity index (χ1) is 11.8. The molecule has 2 aromatic rings. The molecule has 0 aliphatic carbocycles. The van der Waals surface area contributed by atoms with Crippen molar-refractivity contribution in [3.63, 3.8) is 0 Å². The van der Waals surface area contributed by atoms with Gasteiger partial charge in [-0.05, 0) is 50.9 Å². The van der Waals surface area contributed by atoms with Crippen LogP contribution in [0.5, 0.6) is 0 Å². The highest BCUT2D eigenvalue weighted by atomic mass is 16.5. The van der Waals surface area contributed by atoms with E-state index in [0.29, 0.717) is 18.5 Å². The normalized spacial score (nSPS) is 25.0. The van der Waals surface area contributed by atoms with E-state index in [4.69, 9.17) is 4.52 Å². The predicted octanol–water partition coefficient (Wildman–Crippen LogP) is 2.85. The number of hydrogen-bond acceptors (Lipinski definition) is 4. The van der Waals surface area contributed by atoms with E-state index in [9.17, 15) is 4.79 Å². The summed E-state index contributed by atoms with van der Waals surface area (Å²) in [4.78, 5) is 17.6. The minimum atomic E-state index is 0.194. The molecule has 0 spiro atoms. The van der Waals surface area contributed by atoms with Gasteiger partial charge in [0, 0.05) is 24.0 Å². The monoisotopic (exact) mass is 327 g/mol. The molecule has 0 radical (unpaired) electrons. The number of hydrogen-bond donors (Lipinski definition) is 0. The largest absolute Gasteiger partial charge is 0.356 e. The van der Waals surface area contributed by atoms with Crippen LogP contribution in [0.2, 0.25) is 0 Å². The van der Waals surface area contributed by atoms with Gasteiger partial charge < -0.3 is 9.42 Å². The molecule has 0 N–H and O–H groups in total. The van der Waals surface area contributed by atoms with E-state index >= 15 is 0 Å². The van der Waals surface area contributed by atoms with Gasteiger partial charge in [0.2, 0.25) is 5.91 Å². The fraction of sp³-hybridized carbons (Fsp3) is 0.579. The lowest BCUT2D eigenvalue weighted by Gasteiger charge is -2.34. The first kappa shape index (κ1) is 15.6. The quantitative estimate of drug-likeness (QED) is 0.866. The van der Waals surface area contributed by atoms with Crippen LogP contribution in [0, 0.1) is 0 Å². The molecule has 3 heterocycles. The zero-order valence-corrected chi connectivity index (χ0v) is 14.3. The van der Waals surface area contributed by atoms with Gasteiger partial charge in [0.05, 0.1) is 6.42 Å². The van der Waals surface area contributed by atoms with Crippen molar-refractivity contribution in [1.82, 2.24) is 15.0 Å². The standard InChI is InChI=1S/C19H25N3O2/c1-2-21-11-5-8-16(21)17-9-6-12-22(17)19(23)13-15-14-7-3-4-10-18(14)24-20-15/h3-4,7,10,16-17H,2,5-6,8-9,11-13H2,1H3/t16-,17+/m0/s1. The van der Waals surface area contributed by atoms with Gasteiger partial charge in [0.25, 0.3) is 0 Å². The second-order valence-corrected chi connectivity index (χ2v) is 6.94. The Balaban J connectivity index is 1.51. The summed E-state index contributed by atoms with van der Waals surface area (Å²) in [5.74, 6) is 0.194. The van der Waals surface area contributed by atoms with Crippen LogP contribution in [0.4, 0.5) is 0 Å². The van der Waals surface area contributed by atoms with Crippen molar-refractivity contribution < 1.29 is 9.32 Å². The topological polar surface area (TPSA) is 49.6 Å². The van der Waals surface area contributed by atoms with Gasteiger partial charge in [-0.15, -0.1) is 0 Å². The van der Waals surface area contributed by atoms with Crippen molar-refractivity contribution in [3.05, 3.63) is 30.0 Å². The summed E-state index contributed by atoms with van der Waals surface area (Å²) in [7, 11) is 0. The first-order valence-corrected chi connectivity index (χ1v) is 9.14. The lowest BCUT2D eigenvalue weighted by Crippen LogP contribution is -2.48. The van der Waals surface area contributed by atoms with E-state index in [1.165, 1.54) is 19.4 Å². The summed E-state index contributed by atoms with van der Waals surface area (Å²) in [5, 5.41) is 5.08. The Bertz CT molecular complexity index is 726. The molecule has 5 heteroatoms. The van der Waals surface area contributed by atoms with Crippen molar-refractivity contribution in [1.29, 1.82) is 0 Å². The Morgan fingerprint density at radius 1 is 1.21 bits per heavy atom. The summed E-state index contributed by atoms with van der Waals surface area (Å²) in [5.41, 5.74) is 1.52. The third-order valence-corrected chi connectivity index (χ3v) is 5.65. The number of nitrogens with zero attached hydrogens (tertiary/aromatic N) is 3. The summed E-state index contributed by atoms with van der Waals surface area (Å²) in [6, 6.07) is 8.67. The number of carbonyl (C=O) groups excluding carboxylic acids is 1. The Morgan fingerprint density at radius 3 is 2.88 bits per heavy atom. The molecule has 0 saturated carbocycles. The molecule has 1 aromatic heterocycles.